The molecule has 0 unspecified atom stereocenters. The van der Waals surface area contributed by atoms with E-state index in [-0.39, 0.29) is 46.6 Å². The van der Waals surface area contributed by atoms with Gasteiger partial charge in [0.1, 0.15) is 5.82 Å². The SMILES string of the molecule is COC(=O)c1cc(S(N)(=O)=O)ccc1N1CCN(S(=O)(=O)c2ccc(F)c(Cl)c2)CC1. The molecular formula is C18H19ClFN3O6S2. The van der Waals surface area contributed by atoms with Gasteiger partial charge in [-0.1, -0.05) is 11.6 Å². The van der Waals surface area contributed by atoms with E-state index in [1.807, 2.05) is 0 Å². The van der Waals surface area contributed by atoms with Crippen LogP contribution in [-0.4, -0.2) is 60.4 Å². The number of hydrogen-bond donors (Lipinski definition) is 1. The minimum absolute atomic E-state index is 0.00403. The molecule has 0 atom stereocenters. The Morgan fingerprint density at radius 2 is 1.65 bits per heavy atom. The van der Waals surface area contributed by atoms with Crippen LogP contribution in [0.15, 0.2) is 46.2 Å². The molecule has 13 heteroatoms. The van der Waals surface area contributed by atoms with E-state index in [0.717, 1.165) is 31.4 Å². The Bertz CT molecular complexity index is 1230. The van der Waals surface area contributed by atoms with Gasteiger partial charge in [0.25, 0.3) is 0 Å². The molecule has 0 bridgehead atoms. The summed E-state index contributed by atoms with van der Waals surface area (Å²) in [4.78, 5) is 13.6. The number of ether oxygens (including phenoxy) is 1. The van der Waals surface area contributed by atoms with Crippen LogP contribution < -0.4 is 10.0 Å². The van der Waals surface area contributed by atoms with Gasteiger partial charge in [0.15, 0.2) is 0 Å². The van der Waals surface area contributed by atoms with E-state index in [1.54, 1.807) is 4.90 Å². The highest BCUT2D eigenvalue weighted by Crippen LogP contribution is 2.28. The van der Waals surface area contributed by atoms with Gasteiger partial charge in [0.2, 0.25) is 20.0 Å². The largest absolute Gasteiger partial charge is 0.465 e. The molecule has 1 saturated heterocycles. The van der Waals surface area contributed by atoms with Crippen molar-refractivity contribution in [2.24, 2.45) is 5.14 Å². The van der Waals surface area contributed by atoms with E-state index >= 15 is 0 Å². The molecule has 0 spiro atoms. The van der Waals surface area contributed by atoms with E-state index in [1.165, 1.54) is 16.4 Å². The highest BCUT2D eigenvalue weighted by Gasteiger charge is 2.30. The van der Waals surface area contributed by atoms with Gasteiger partial charge in [-0.3, -0.25) is 0 Å². The molecule has 2 N–H and O–H groups in total. The summed E-state index contributed by atoms with van der Waals surface area (Å²) < 4.78 is 68.3. The second-order valence-corrected chi connectivity index (χ2v) is 10.6. The number of primary sulfonamides is 1. The van der Waals surface area contributed by atoms with Crippen LogP contribution in [0, 0.1) is 5.82 Å². The minimum atomic E-state index is -4.03. The summed E-state index contributed by atoms with van der Waals surface area (Å²) in [5, 5.41) is 4.84. The smallest absolute Gasteiger partial charge is 0.340 e. The molecule has 31 heavy (non-hydrogen) atoms. The quantitative estimate of drug-likeness (QED) is 0.626. The number of nitrogens with zero attached hydrogens (tertiary/aromatic N) is 2. The number of esters is 1. The predicted molar refractivity (Wildman–Crippen MR) is 112 cm³/mol. The highest BCUT2D eigenvalue weighted by atomic mass is 35.5. The van der Waals surface area contributed by atoms with Gasteiger partial charge in [-0.15, -0.1) is 0 Å². The first-order valence-electron chi connectivity index (χ1n) is 8.90. The molecule has 2 aromatic rings. The number of piperazine rings is 1. The van der Waals surface area contributed by atoms with Crippen LogP contribution >= 0.6 is 11.6 Å². The summed E-state index contributed by atoms with van der Waals surface area (Å²) in [6.07, 6.45) is 0. The van der Waals surface area contributed by atoms with Gasteiger partial charge in [-0.05, 0) is 36.4 Å². The average molecular weight is 492 g/mol. The second-order valence-electron chi connectivity index (χ2n) is 6.68. The van der Waals surface area contributed by atoms with Gasteiger partial charge in [0.05, 0.1) is 33.2 Å². The monoisotopic (exact) mass is 491 g/mol. The Labute approximate surface area is 184 Å². The lowest BCUT2D eigenvalue weighted by Gasteiger charge is -2.36. The summed E-state index contributed by atoms with van der Waals surface area (Å²) in [5.41, 5.74) is 0.386. The second kappa shape index (κ2) is 8.71. The Balaban J connectivity index is 1.85. The summed E-state index contributed by atoms with van der Waals surface area (Å²) in [6, 6.07) is 7.00. The van der Waals surface area contributed by atoms with E-state index in [4.69, 9.17) is 21.5 Å². The summed E-state index contributed by atoms with van der Waals surface area (Å²) in [6.45, 7) is 0.587. The Morgan fingerprint density at radius 1 is 1.03 bits per heavy atom. The van der Waals surface area contributed by atoms with Crippen LogP contribution in [0.25, 0.3) is 0 Å². The highest BCUT2D eigenvalue weighted by molar-refractivity contribution is 7.89. The van der Waals surface area contributed by atoms with Gasteiger partial charge < -0.3 is 9.64 Å². The standard InChI is InChI=1S/C18H19ClFN3O6S2/c1-29-18(24)14-10-12(30(21,25)26)3-5-17(14)22-6-8-23(9-7-22)31(27,28)13-2-4-16(20)15(19)11-13/h2-5,10-11H,6-9H2,1H3,(H2,21,25,26). The van der Waals surface area contributed by atoms with Crippen molar-refractivity contribution >= 4 is 43.3 Å². The molecule has 9 nitrogen and oxygen atoms in total. The third kappa shape index (κ3) is 4.83. The molecule has 168 valence electrons. The average Bonchev–Trinajstić information content (AvgIpc) is 2.74. The Kier molecular flexibility index (Phi) is 6.58. The molecule has 1 fully saturated rings. The molecule has 0 aliphatic carbocycles. The van der Waals surface area contributed by atoms with E-state index in [9.17, 15) is 26.0 Å². The molecule has 0 aromatic heterocycles. The molecule has 3 rings (SSSR count). The van der Waals surface area contributed by atoms with Crippen molar-refractivity contribution < 1.29 is 30.8 Å². The van der Waals surface area contributed by atoms with Crippen molar-refractivity contribution in [1.29, 1.82) is 0 Å². The topological polar surface area (TPSA) is 127 Å². The maximum atomic E-state index is 13.4. The number of hydrogen-bond acceptors (Lipinski definition) is 7. The normalized spacial score (nSPS) is 15.7. The van der Waals surface area contributed by atoms with E-state index in [0.29, 0.717) is 5.69 Å². The Morgan fingerprint density at radius 3 is 2.19 bits per heavy atom. The summed E-state index contributed by atoms with van der Waals surface area (Å²) >= 11 is 5.71. The fraction of sp³-hybridized carbons (Fsp3) is 0.278. The molecule has 1 aliphatic rings. The zero-order chi connectivity index (χ0) is 23.0. The molecule has 1 heterocycles. The van der Waals surface area contributed by atoms with Gasteiger partial charge in [0, 0.05) is 26.2 Å². The van der Waals surface area contributed by atoms with Crippen LogP contribution in [0.3, 0.4) is 0 Å². The fourth-order valence-corrected chi connectivity index (χ4v) is 5.43. The number of rotatable bonds is 5. The van der Waals surface area contributed by atoms with Crippen molar-refractivity contribution in [3.8, 4) is 0 Å². The summed E-state index contributed by atoms with van der Waals surface area (Å²) in [7, 11) is -6.77. The molecule has 0 amide bonds. The maximum absolute atomic E-state index is 13.4. The lowest BCUT2D eigenvalue weighted by molar-refractivity contribution is 0.0601. The van der Waals surface area contributed by atoms with Crippen molar-refractivity contribution in [1.82, 2.24) is 4.31 Å². The van der Waals surface area contributed by atoms with Gasteiger partial charge in [-0.25, -0.2) is 31.2 Å². The number of sulfonamides is 2. The zero-order valence-electron chi connectivity index (χ0n) is 16.3. The first-order valence-corrected chi connectivity index (χ1v) is 12.3. The number of carbonyl (C=O) groups excluding carboxylic acids is 1. The zero-order valence-corrected chi connectivity index (χ0v) is 18.7. The van der Waals surface area contributed by atoms with Crippen molar-refractivity contribution in [2.75, 3.05) is 38.2 Å². The number of methoxy groups -OCH3 is 1. The van der Waals surface area contributed by atoms with Crippen molar-refractivity contribution in [2.45, 2.75) is 9.79 Å². The number of anilines is 1. The fourth-order valence-electron chi connectivity index (χ4n) is 3.20. The van der Waals surface area contributed by atoms with Gasteiger partial charge >= 0.3 is 5.97 Å². The first-order chi connectivity index (χ1) is 14.4. The van der Waals surface area contributed by atoms with Crippen LogP contribution in [0.5, 0.6) is 0 Å². The van der Waals surface area contributed by atoms with Crippen LogP contribution in [0.1, 0.15) is 10.4 Å². The number of nitrogens with two attached hydrogens (primary N) is 1. The Hall–Kier alpha value is -2.25. The minimum Gasteiger partial charge on any atom is -0.465 e. The molecule has 2 aromatic carbocycles. The van der Waals surface area contributed by atoms with Crippen LogP contribution in [0.2, 0.25) is 5.02 Å². The maximum Gasteiger partial charge on any atom is 0.340 e. The molecule has 1 aliphatic heterocycles. The predicted octanol–water partition coefficient (Wildman–Crippen LogP) is 1.42. The third-order valence-electron chi connectivity index (χ3n) is 4.81. The number of halogens is 2. The number of benzene rings is 2. The molecule has 0 saturated carbocycles. The van der Waals surface area contributed by atoms with E-state index < -0.39 is 31.8 Å². The van der Waals surface area contributed by atoms with Gasteiger partial charge in [-0.2, -0.15) is 4.31 Å². The first kappa shape index (κ1) is 23.4. The van der Waals surface area contributed by atoms with Crippen molar-refractivity contribution in [3.63, 3.8) is 0 Å². The van der Waals surface area contributed by atoms with Crippen LogP contribution in [0.4, 0.5) is 10.1 Å². The lowest BCUT2D eigenvalue weighted by Crippen LogP contribution is -2.49. The number of carbonyl (C=O) groups is 1. The summed E-state index contributed by atoms with van der Waals surface area (Å²) in [5.74, 6) is -1.47. The molecule has 0 radical (unpaired) electrons. The lowest BCUT2D eigenvalue weighted by atomic mass is 10.1. The van der Waals surface area contributed by atoms with E-state index in [2.05, 4.69) is 0 Å². The third-order valence-corrected chi connectivity index (χ3v) is 7.91. The molecular weight excluding hydrogens is 473 g/mol. The van der Waals surface area contributed by atoms with Crippen LogP contribution in [-0.2, 0) is 24.8 Å². The van der Waals surface area contributed by atoms with Crippen molar-refractivity contribution in [3.05, 3.63) is 52.8 Å².